The highest BCUT2D eigenvalue weighted by Gasteiger charge is 2.25. The molecule has 0 radical (unpaired) electrons. The molecule has 8 heteroatoms. The number of carboxylic acids is 1. The molecule has 156 valence electrons. The smallest absolute Gasteiger partial charge is 0.326 e. The molecule has 3 N–H and O–H groups in total. The molecule has 3 rings (SSSR count). The Balaban J connectivity index is 1.93. The molecule has 0 bridgehead atoms. The lowest BCUT2D eigenvalue weighted by molar-refractivity contribution is -0.139. The Morgan fingerprint density at radius 3 is 2.47 bits per heavy atom. The van der Waals surface area contributed by atoms with Gasteiger partial charge >= 0.3 is 5.97 Å². The van der Waals surface area contributed by atoms with E-state index >= 15 is 0 Å². The van der Waals surface area contributed by atoms with Crippen LogP contribution in [0.25, 0.3) is 10.8 Å². The summed E-state index contributed by atoms with van der Waals surface area (Å²) in [5.74, 6) is -1.94. The maximum atomic E-state index is 12.7. The van der Waals surface area contributed by atoms with Gasteiger partial charge in [-0.1, -0.05) is 41.9 Å². The number of pyridine rings is 1. The van der Waals surface area contributed by atoms with Crippen molar-refractivity contribution in [2.24, 2.45) is 0 Å². The highest BCUT2D eigenvalue weighted by atomic mass is 35.5. The molecule has 1 unspecified atom stereocenters. The van der Waals surface area contributed by atoms with E-state index in [9.17, 15) is 19.8 Å². The van der Waals surface area contributed by atoms with Gasteiger partial charge in [-0.15, -0.1) is 0 Å². The number of benzene rings is 2. The van der Waals surface area contributed by atoms with Crippen LogP contribution in [0.1, 0.15) is 29.9 Å². The third kappa shape index (κ3) is 4.80. The topological polar surface area (TPSA) is 109 Å². The first-order valence-corrected chi connectivity index (χ1v) is 9.70. The van der Waals surface area contributed by atoms with E-state index in [1.54, 1.807) is 42.5 Å². The molecule has 0 saturated carbocycles. The second-order valence-corrected chi connectivity index (χ2v) is 7.39. The Bertz CT molecular complexity index is 1090. The van der Waals surface area contributed by atoms with Gasteiger partial charge in [-0.2, -0.15) is 0 Å². The van der Waals surface area contributed by atoms with E-state index in [0.717, 1.165) is 5.56 Å². The molecule has 1 heterocycles. The molecule has 7 nitrogen and oxygen atoms in total. The monoisotopic (exact) mass is 428 g/mol. The predicted molar refractivity (Wildman–Crippen MR) is 113 cm³/mol. The van der Waals surface area contributed by atoms with Gasteiger partial charge in [-0.3, -0.25) is 4.79 Å². The van der Waals surface area contributed by atoms with Gasteiger partial charge < -0.3 is 20.3 Å². The van der Waals surface area contributed by atoms with Gasteiger partial charge in [-0.25, -0.2) is 9.78 Å². The van der Waals surface area contributed by atoms with Crippen LogP contribution in [0.2, 0.25) is 5.15 Å². The van der Waals surface area contributed by atoms with Gasteiger partial charge in [0.15, 0.2) is 11.4 Å². The SMILES string of the molecule is CC(C)Oc1ccc2c(Cl)nc(C(=O)NC(Cc3ccccc3)C(=O)O)c(O)c2c1. The van der Waals surface area contributed by atoms with E-state index in [1.807, 2.05) is 19.9 Å². The quantitative estimate of drug-likeness (QED) is 0.494. The molecular weight excluding hydrogens is 408 g/mol. The number of nitrogens with zero attached hydrogens (tertiary/aromatic N) is 1. The summed E-state index contributed by atoms with van der Waals surface area (Å²) < 4.78 is 5.63. The van der Waals surface area contributed by atoms with E-state index in [0.29, 0.717) is 11.1 Å². The number of amides is 1. The Morgan fingerprint density at radius 2 is 1.83 bits per heavy atom. The molecule has 0 aliphatic heterocycles. The number of halogens is 1. The normalized spacial score (nSPS) is 12.0. The van der Waals surface area contributed by atoms with Crippen molar-refractivity contribution in [1.82, 2.24) is 10.3 Å². The summed E-state index contributed by atoms with van der Waals surface area (Å²) in [6.45, 7) is 3.72. The molecule has 2 aromatic carbocycles. The Hall–Kier alpha value is -3.32. The molecule has 1 atom stereocenters. The number of carboxylic acid groups (broad SMARTS) is 1. The van der Waals surface area contributed by atoms with Crippen LogP contribution in [0.5, 0.6) is 11.5 Å². The number of carbonyl (C=O) groups excluding carboxylic acids is 1. The Labute approximate surface area is 178 Å². The number of carbonyl (C=O) groups is 2. The molecule has 0 saturated heterocycles. The highest BCUT2D eigenvalue weighted by Crippen LogP contribution is 2.34. The number of hydrogen-bond acceptors (Lipinski definition) is 5. The molecule has 0 fully saturated rings. The first-order chi connectivity index (χ1) is 14.3. The summed E-state index contributed by atoms with van der Waals surface area (Å²) in [5.41, 5.74) is 0.392. The number of fused-ring (bicyclic) bond motifs is 1. The average Bonchev–Trinajstić information content (AvgIpc) is 2.70. The van der Waals surface area contributed by atoms with E-state index in [1.165, 1.54) is 0 Å². The van der Waals surface area contributed by atoms with Crippen LogP contribution in [0.3, 0.4) is 0 Å². The number of aliphatic carboxylic acids is 1. The lowest BCUT2D eigenvalue weighted by atomic mass is 10.1. The summed E-state index contributed by atoms with van der Waals surface area (Å²) in [4.78, 5) is 28.4. The van der Waals surface area contributed by atoms with Gasteiger partial charge in [0.25, 0.3) is 5.91 Å². The molecule has 1 aromatic heterocycles. The molecule has 0 aliphatic rings. The van der Waals surface area contributed by atoms with Crippen molar-refractivity contribution in [3.63, 3.8) is 0 Å². The molecule has 0 spiro atoms. The van der Waals surface area contributed by atoms with Crippen LogP contribution in [-0.4, -0.2) is 39.2 Å². The number of aromatic hydroxyl groups is 1. The van der Waals surface area contributed by atoms with Crippen molar-refractivity contribution in [1.29, 1.82) is 0 Å². The maximum Gasteiger partial charge on any atom is 0.326 e. The van der Waals surface area contributed by atoms with E-state index < -0.39 is 23.7 Å². The average molecular weight is 429 g/mol. The second kappa shape index (κ2) is 9.00. The molecule has 30 heavy (non-hydrogen) atoms. The summed E-state index contributed by atoms with van der Waals surface area (Å²) in [7, 11) is 0. The van der Waals surface area contributed by atoms with Crippen LogP contribution in [-0.2, 0) is 11.2 Å². The summed E-state index contributed by atoms with van der Waals surface area (Å²) in [6.07, 6.45) is -0.00455. The second-order valence-electron chi connectivity index (χ2n) is 7.03. The fraction of sp³-hybridized carbons (Fsp3) is 0.227. The summed E-state index contributed by atoms with van der Waals surface area (Å²) in [5, 5.41) is 23.3. The maximum absolute atomic E-state index is 12.7. The lowest BCUT2D eigenvalue weighted by Crippen LogP contribution is -2.42. The van der Waals surface area contributed by atoms with Gasteiger partial charge in [0.05, 0.1) is 6.10 Å². The fourth-order valence-electron chi connectivity index (χ4n) is 3.02. The minimum absolute atomic E-state index is 0.0129. The lowest BCUT2D eigenvalue weighted by Gasteiger charge is -2.16. The standard InChI is InChI=1S/C22H21ClN2O5/c1-12(2)30-14-8-9-15-16(11-14)19(26)18(25-20(15)23)21(27)24-17(22(28)29)10-13-6-4-3-5-7-13/h3-9,11-12,17,26H,10H2,1-2H3,(H,24,27)(H,28,29). The molecule has 1 amide bonds. The third-order valence-corrected chi connectivity index (χ3v) is 4.66. The van der Waals surface area contributed by atoms with Gasteiger partial charge in [0.1, 0.15) is 16.9 Å². The first-order valence-electron chi connectivity index (χ1n) is 9.32. The van der Waals surface area contributed by atoms with E-state index in [4.69, 9.17) is 16.3 Å². The summed E-state index contributed by atoms with van der Waals surface area (Å²) in [6, 6.07) is 12.6. The number of rotatable bonds is 7. The Kier molecular flexibility index (Phi) is 6.42. The number of aromatic nitrogens is 1. The van der Waals surface area contributed by atoms with Crippen LogP contribution in [0.15, 0.2) is 48.5 Å². The van der Waals surface area contributed by atoms with E-state index in [2.05, 4.69) is 10.3 Å². The van der Waals surface area contributed by atoms with Gasteiger partial charge in [0.2, 0.25) is 0 Å². The third-order valence-electron chi connectivity index (χ3n) is 4.38. The minimum Gasteiger partial charge on any atom is -0.505 e. The number of hydrogen-bond donors (Lipinski definition) is 3. The largest absolute Gasteiger partial charge is 0.505 e. The number of ether oxygens (including phenoxy) is 1. The van der Waals surface area contributed by atoms with Crippen molar-refractivity contribution < 1.29 is 24.5 Å². The Morgan fingerprint density at radius 1 is 1.13 bits per heavy atom. The van der Waals surface area contributed by atoms with Gasteiger partial charge in [-0.05, 0) is 37.6 Å². The van der Waals surface area contributed by atoms with Crippen LogP contribution >= 0.6 is 11.6 Å². The van der Waals surface area contributed by atoms with Gasteiger partial charge in [0, 0.05) is 17.2 Å². The van der Waals surface area contributed by atoms with Crippen LogP contribution < -0.4 is 10.1 Å². The van der Waals surface area contributed by atoms with Crippen LogP contribution in [0, 0.1) is 0 Å². The zero-order chi connectivity index (χ0) is 21.8. The highest BCUT2D eigenvalue weighted by molar-refractivity contribution is 6.35. The molecular formula is C22H21ClN2O5. The van der Waals surface area contributed by atoms with Crippen molar-refractivity contribution >= 4 is 34.2 Å². The first kappa shape index (κ1) is 21.4. The molecule has 3 aromatic rings. The zero-order valence-electron chi connectivity index (χ0n) is 16.4. The summed E-state index contributed by atoms with van der Waals surface area (Å²) >= 11 is 6.21. The fourth-order valence-corrected chi connectivity index (χ4v) is 3.27. The number of nitrogens with one attached hydrogen (secondary N) is 1. The molecule has 0 aliphatic carbocycles. The zero-order valence-corrected chi connectivity index (χ0v) is 17.2. The van der Waals surface area contributed by atoms with Crippen molar-refractivity contribution in [2.75, 3.05) is 0 Å². The van der Waals surface area contributed by atoms with E-state index in [-0.39, 0.29) is 28.8 Å². The van der Waals surface area contributed by atoms with Crippen molar-refractivity contribution in [3.8, 4) is 11.5 Å². The predicted octanol–water partition coefficient (Wildman–Crippen LogP) is 3.81. The van der Waals surface area contributed by atoms with Crippen molar-refractivity contribution in [2.45, 2.75) is 32.4 Å². The van der Waals surface area contributed by atoms with Crippen molar-refractivity contribution in [3.05, 3.63) is 64.9 Å². The van der Waals surface area contributed by atoms with Crippen LogP contribution in [0.4, 0.5) is 0 Å². The minimum atomic E-state index is -1.20.